The summed E-state index contributed by atoms with van der Waals surface area (Å²) >= 11 is 0. The minimum atomic E-state index is -3.76. The minimum Gasteiger partial charge on any atom is -0.484 e. The van der Waals surface area contributed by atoms with Gasteiger partial charge < -0.3 is 9.64 Å². The smallest absolute Gasteiger partial charge is 0.261 e. The molecule has 0 spiro atoms. The fourth-order valence-corrected chi connectivity index (χ4v) is 2.71. The number of aryl methyl sites for hydroxylation is 1. The van der Waals surface area contributed by atoms with E-state index in [9.17, 15) is 13.2 Å². The zero-order valence-electron chi connectivity index (χ0n) is 11.9. The lowest BCUT2D eigenvalue weighted by Crippen LogP contribution is -2.36. The molecule has 0 aliphatic rings. The largest absolute Gasteiger partial charge is 0.484 e. The number of likely N-dealkylation sites (N-methyl/N-ethyl adjacent to an activating group) is 1. The summed E-state index contributed by atoms with van der Waals surface area (Å²) in [5, 5.41) is 0. The van der Waals surface area contributed by atoms with Crippen molar-refractivity contribution >= 4 is 25.6 Å². The Morgan fingerprint density at radius 2 is 2.00 bits per heavy atom. The van der Waals surface area contributed by atoms with Crippen LogP contribution in [-0.4, -0.2) is 38.9 Å². The number of amides is 1. The van der Waals surface area contributed by atoms with Crippen molar-refractivity contribution in [2.45, 2.75) is 31.7 Å². The van der Waals surface area contributed by atoms with Gasteiger partial charge >= 0.3 is 0 Å². The van der Waals surface area contributed by atoms with Crippen molar-refractivity contribution in [2.75, 3.05) is 13.7 Å². The van der Waals surface area contributed by atoms with E-state index in [1.54, 1.807) is 18.9 Å². The molecule has 20 heavy (non-hydrogen) atoms. The third-order valence-electron chi connectivity index (χ3n) is 2.94. The van der Waals surface area contributed by atoms with Crippen LogP contribution < -0.4 is 4.74 Å². The molecular weight excluding hydrogens is 302 g/mol. The highest BCUT2D eigenvalue weighted by Crippen LogP contribution is 2.23. The van der Waals surface area contributed by atoms with Gasteiger partial charge in [-0.05, 0) is 44.5 Å². The predicted octanol–water partition coefficient (Wildman–Crippen LogP) is 2.17. The molecular formula is C13H18ClNO4S. The minimum absolute atomic E-state index is 0.0390. The fraction of sp³-hybridized carbons (Fsp3) is 0.462. The highest BCUT2D eigenvalue weighted by atomic mass is 35.7. The summed E-state index contributed by atoms with van der Waals surface area (Å²) in [6, 6.07) is 4.48. The number of benzene rings is 1. The molecule has 1 aromatic carbocycles. The SMILES string of the molecule is Cc1cc(OCC(=O)N(C)C(C)C)ccc1S(=O)(=O)Cl. The molecule has 0 unspecified atom stereocenters. The molecule has 0 saturated carbocycles. The third-order valence-corrected chi connectivity index (χ3v) is 4.42. The van der Waals surface area contributed by atoms with E-state index in [-0.39, 0.29) is 23.5 Å². The first-order chi connectivity index (χ1) is 9.12. The first-order valence-corrected chi connectivity index (χ1v) is 8.37. The van der Waals surface area contributed by atoms with Crippen LogP contribution in [0.25, 0.3) is 0 Å². The van der Waals surface area contributed by atoms with Crippen molar-refractivity contribution in [1.29, 1.82) is 0 Å². The van der Waals surface area contributed by atoms with Crippen LogP contribution in [0.1, 0.15) is 19.4 Å². The molecule has 0 aromatic heterocycles. The molecule has 0 aliphatic carbocycles. The molecule has 1 aromatic rings. The second kappa shape index (κ2) is 6.45. The van der Waals surface area contributed by atoms with Gasteiger partial charge in [0.2, 0.25) is 0 Å². The summed E-state index contributed by atoms with van der Waals surface area (Å²) in [6.45, 7) is 5.33. The molecule has 112 valence electrons. The van der Waals surface area contributed by atoms with Crippen LogP contribution >= 0.6 is 10.7 Å². The molecule has 7 heteroatoms. The van der Waals surface area contributed by atoms with Crippen LogP contribution in [0.4, 0.5) is 0 Å². The summed E-state index contributed by atoms with van der Waals surface area (Å²) in [7, 11) is 3.23. The van der Waals surface area contributed by atoms with E-state index in [4.69, 9.17) is 15.4 Å². The molecule has 0 N–H and O–H groups in total. The molecule has 1 amide bonds. The van der Waals surface area contributed by atoms with Gasteiger partial charge in [-0.3, -0.25) is 4.79 Å². The molecule has 0 radical (unpaired) electrons. The number of rotatable bonds is 5. The summed E-state index contributed by atoms with van der Waals surface area (Å²) in [5.74, 6) is 0.281. The molecule has 1 rings (SSSR count). The van der Waals surface area contributed by atoms with E-state index in [0.29, 0.717) is 11.3 Å². The number of hydrogen-bond donors (Lipinski definition) is 0. The van der Waals surface area contributed by atoms with Crippen molar-refractivity contribution in [2.24, 2.45) is 0 Å². The number of hydrogen-bond acceptors (Lipinski definition) is 4. The summed E-state index contributed by atoms with van der Waals surface area (Å²) in [4.78, 5) is 13.4. The van der Waals surface area contributed by atoms with Crippen molar-refractivity contribution in [1.82, 2.24) is 4.90 Å². The van der Waals surface area contributed by atoms with Gasteiger partial charge in [-0.25, -0.2) is 8.42 Å². The Hall–Kier alpha value is -1.27. The van der Waals surface area contributed by atoms with E-state index in [0.717, 1.165) is 0 Å². The standard InChI is InChI=1S/C13H18ClNO4S/c1-9(2)15(4)13(16)8-19-11-5-6-12(10(3)7-11)20(14,17)18/h5-7,9H,8H2,1-4H3. The maximum Gasteiger partial charge on any atom is 0.261 e. The second-order valence-electron chi connectivity index (χ2n) is 4.75. The molecule has 5 nitrogen and oxygen atoms in total. The molecule has 0 bridgehead atoms. The van der Waals surface area contributed by atoms with Crippen molar-refractivity contribution < 1.29 is 17.9 Å². The average Bonchev–Trinajstić information content (AvgIpc) is 2.33. The average molecular weight is 320 g/mol. The van der Waals surface area contributed by atoms with E-state index < -0.39 is 9.05 Å². The number of halogens is 1. The van der Waals surface area contributed by atoms with Crippen molar-refractivity contribution in [3.05, 3.63) is 23.8 Å². The number of ether oxygens (including phenoxy) is 1. The van der Waals surface area contributed by atoms with E-state index in [2.05, 4.69) is 0 Å². The number of carbonyl (C=O) groups excluding carboxylic acids is 1. The highest BCUT2D eigenvalue weighted by Gasteiger charge is 2.15. The first-order valence-electron chi connectivity index (χ1n) is 6.06. The van der Waals surface area contributed by atoms with Crippen LogP contribution in [0, 0.1) is 6.92 Å². The van der Waals surface area contributed by atoms with Crippen LogP contribution in [0.15, 0.2) is 23.1 Å². The van der Waals surface area contributed by atoms with Gasteiger partial charge in [0.05, 0.1) is 4.90 Å². The zero-order chi connectivity index (χ0) is 15.5. The third kappa shape index (κ3) is 4.38. The molecule has 0 atom stereocenters. The van der Waals surface area contributed by atoms with Gasteiger partial charge in [-0.15, -0.1) is 0 Å². The van der Waals surface area contributed by atoms with E-state index in [1.807, 2.05) is 13.8 Å². The summed E-state index contributed by atoms with van der Waals surface area (Å²) in [6.07, 6.45) is 0. The maximum atomic E-state index is 11.8. The van der Waals surface area contributed by atoms with E-state index >= 15 is 0 Å². The van der Waals surface area contributed by atoms with Gasteiger partial charge in [-0.2, -0.15) is 0 Å². The summed E-state index contributed by atoms with van der Waals surface area (Å²) in [5.41, 5.74) is 0.474. The quantitative estimate of drug-likeness (QED) is 0.780. The van der Waals surface area contributed by atoms with Gasteiger partial charge in [0.15, 0.2) is 6.61 Å². The Balaban J connectivity index is 2.77. The fourth-order valence-electron chi connectivity index (χ4n) is 1.52. The van der Waals surface area contributed by atoms with Crippen LogP contribution in [-0.2, 0) is 13.8 Å². The van der Waals surface area contributed by atoms with Crippen molar-refractivity contribution in [3.63, 3.8) is 0 Å². The lowest BCUT2D eigenvalue weighted by atomic mass is 10.2. The van der Waals surface area contributed by atoms with Crippen LogP contribution in [0.5, 0.6) is 5.75 Å². The normalized spacial score (nSPS) is 11.5. The molecule has 0 saturated heterocycles. The lowest BCUT2D eigenvalue weighted by Gasteiger charge is -2.21. The lowest BCUT2D eigenvalue weighted by molar-refractivity contribution is -0.133. The van der Waals surface area contributed by atoms with Gasteiger partial charge in [-0.1, -0.05) is 0 Å². The topological polar surface area (TPSA) is 63.7 Å². The Morgan fingerprint density at radius 1 is 1.40 bits per heavy atom. The van der Waals surface area contributed by atoms with Crippen LogP contribution in [0.2, 0.25) is 0 Å². The number of carbonyl (C=O) groups is 1. The molecule has 0 heterocycles. The maximum absolute atomic E-state index is 11.8. The van der Waals surface area contributed by atoms with E-state index in [1.165, 1.54) is 18.2 Å². The highest BCUT2D eigenvalue weighted by molar-refractivity contribution is 8.13. The Kier molecular flexibility index (Phi) is 5.42. The number of nitrogens with zero attached hydrogens (tertiary/aromatic N) is 1. The van der Waals surface area contributed by atoms with Crippen LogP contribution in [0.3, 0.4) is 0 Å². The van der Waals surface area contributed by atoms with Crippen molar-refractivity contribution in [3.8, 4) is 5.75 Å². The monoisotopic (exact) mass is 319 g/mol. The van der Waals surface area contributed by atoms with Gasteiger partial charge in [0, 0.05) is 23.8 Å². The first kappa shape index (κ1) is 16.8. The Bertz CT molecular complexity index is 598. The Morgan fingerprint density at radius 3 is 2.45 bits per heavy atom. The van der Waals surface area contributed by atoms with Gasteiger partial charge in [0.25, 0.3) is 15.0 Å². The zero-order valence-corrected chi connectivity index (χ0v) is 13.5. The Labute approximate surface area is 123 Å². The molecule has 0 fully saturated rings. The second-order valence-corrected chi connectivity index (χ2v) is 7.29. The molecule has 0 aliphatic heterocycles. The summed E-state index contributed by atoms with van der Waals surface area (Å²) < 4.78 is 27.9. The predicted molar refractivity (Wildman–Crippen MR) is 77.6 cm³/mol. The van der Waals surface area contributed by atoms with Gasteiger partial charge in [0.1, 0.15) is 5.75 Å².